The standard InChI is InChI=1S/C8H11NO9S3/c10-19(11,6-5-18-21(15,16)17)8-3-1-7(2-4-8)9-20(12,13)14/h1-4,9H,5-6H2,(H,12,13,14)(H,15,16,17). The highest BCUT2D eigenvalue weighted by Crippen LogP contribution is 2.16. The zero-order valence-electron chi connectivity index (χ0n) is 10.2. The van der Waals surface area contributed by atoms with Crippen molar-refractivity contribution in [2.24, 2.45) is 0 Å². The predicted octanol–water partition coefficient (Wildman–Crippen LogP) is -0.506. The second-order valence-corrected chi connectivity index (χ2v) is 8.02. The predicted molar refractivity (Wildman–Crippen MR) is 71.2 cm³/mol. The lowest BCUT2D eigenvalue weighted by molar-refractivity contribution is 0.284. The third-order valence-corrected chi connectivity index (χ3v) is 4.70. The van der Waals surface area contributed by atoms with Crippen LogP contribution in [-0.2, 0) is 34.7 Å². The molecule has 1 aromatic rings. The van der Waals surface area contributed by atoms with Crippen molar-refractivity contribution >= 4 is 36.2 Å². The van der Waals surface area contributed by atoms with Gasteiger partial charge in [0.15, 0.2) is 9.84 Å². The fourth-order valence-corrected chi connectivity index (χ4v) is 3.17. The summed E-state index contributed by atoms with van der Waals surface area (Å²) in [5.41, 5.74) is -0.0642. The topological polar surface area (TPSA) is 164 Å². The van der Waals surface area contributed by atoms with E-state index >= 15 is 0 Å². The average molecular weight is 361 g/mol. The highest BCUT2D eigenvalue weighted by molar-refractivity contribution is 7.91. The van der Waals surface area contributed by atoms with Gasteiger partial charge < -0.3 is 0 Å². The van der Waals surface area contributed by atoms with Crippen molar-refractivity contribution in [3.8, 4) is 0 Å². The molecule has 1 rings (SSSR count). The van der Waals surface area contributed by atoms with E-state index in [1.165, 1.54) is 0 Å². The number of nitrogens with one attached hydrogen (secondary N) is 1. The quantitative estimate of drug-likeness (QED) is 0.543. The summed E-state index contributed by atoms with van der Waals surface area (Å²) >= 11 is 0. The van der Waals surface area contributed by atoms with Crippen molar-refractivity contribution in [1.82, 2.24) is 0 Å². The molecule has 0 aromatic heterocycles. The van der Waals surface area contributed by atoms with E-state index in [0.29, 0.717) is 0 Å². The first-order valence-electron chi connectivity index (χ1n) is 5.09. The molecule has 0 radical (unpaired) electrons. The zero-order valence-corrected chi connectivity index (χ0v) is 12.7. The molecule has 0 atom stereocenters. The number of benzene rings is 1. The Balaban J connectivity index is 2.80. The Hall–Kier alpha value is -1.25. The first-order chi connectivity index (χ1) is 9.39. The third kappa shape index (κ3) is 6.83. The minimum atomic E-state index is -4.72. The Bertz CT molecular complexity index is 793. The van der Waals surface area contributed by atoms with Crippen molar-refractivity contribution in [3.05, 3.63) is 24.3 Å². The molecule has 0 heterocycles. The van der Waals surface area contributed by atoms with E-state index in [9.17, 15) is 25.3 Å². The van der Waals surface area contributed by atoms with E-state index < -0.39 is 42.9 Å². The molecule has 120 valence electrons. The molecule has 0 spiro atoms. The maximum absolute atomic E-state index is 11.8. The molecule has 1 aromatic carbocycles. The summed E-state index contributed by atoms with van der Waals surface area (Å²) in [5, 5.41) is 0. The summed E-state index contributed by atoms with van der Waals surface area (Å²) in [6.07, 6.45) is 0. The van der Waals surface area contributed by atoms with E-state index in [1.807, 2.05) is 0 Å². The lowest BCUT2D eigenvalue weighted by Gasteiger charge is -2.06. The van der Waals surface area contributed by atoms with Gasteiger partial charge in [-0.1, -0.05) is 0 Å². The summed E-state index contributed by atoms with van der Waals surface area (Å²) in [6.45, 7) is -0.772. The maximum Gasteiger partial charge on any atom is 0.397 e. The Labute approximate surface area is 121 Å². The van der Waals surface area contributed by atoms with E-state index in [2.05, 4.69) is 4.18 Å². The summed E-state index contributed by atoms with van der Waals surface area (Å²) < 4.78 is 87.6. The first kappa shape index (κ1) is 17.8. The van der Waals surface area contributed by atoms with Gasteiger partial charge in [-0.15, -0.1) is 0 Å². The molecule has 0 saturated heterocycles. The van der Waals surface area contributed by atoms with Crippen molar-refractivity contribution in [1.29, 1.82) is 0 Å². The van der Waals surface area contributed by atoms with Gasteiger partial charge in [-0.25, -0.2) is 12.6 Å². The van der Waals surface area contributed by atoms with Crippen molar-refractivity contribution < 1.29 is 38.5 Å². The van der Waals surface area contributed by atoms with Gasteiger partial charge in [0.05, 0.1) is 22.9 Å². The molecule has 0 bridgehead atoms. The Morgan fingerprint density at radius 1 is 0.952 bits per heavy atom. The average Bonchev–Trinajstić information content (AvgIpc) is 2.25. The van der Waals surface area contributed by atoms with E-state index in [4.69, 9.17) is 9.11 Å². The van der Waals surface area contributed by atoms with Crippen molar-refractivity contribution in [2.45, 2.75) is 4.90 Å². The minimum Gasteiger partial charge on any atom is -0.269 e. The fourth-order valence-electron chi connectivity index (χ4n) is 1.25. The molecule has 0 aliphatic carbocycles. The molecule has 0 aliphatic rings. The zero-order chi connectivity index (χ0) is 16.3. The molecule has 0 amide bonds. The Morgan fingerprint density at radius 2 is 1.48 bits per heavy atom. The Morgan fingerprint density at radius 3 is 1.90 bits per heavy atom. The number of sulfone groups is 1. The molecule has 10 nitrogen and oxygen atoms in total. The summed E-state index contributed by atoms with van der Waals surface area (Å²) in [5.74, 6) is -0.710. The van der Waals surface area contributed by atoms with E-state index in [0.717, 1.165) is 24.3 Å². The van der Waals surface area contributed by atoms with Crippen LogP contribution in [-0.4, -0.2) is 46.7 Å². The van der Waals surface area contributed by atoms with Gasteiger partial charge >= 0.3 is 20.7 Å². The summed E-state index contributed by atoms with van der Waals surface area (Å²) in [7, 11) is -13.1. The monoisotopic (exact) mass is 361 g/mol. The second kappa shape index (κ2) is 6.25. The molecular formula is C8H11NO9S3. The molecule has 21 heavy (non-hydrogen) atoms. The van der Waals surface area contributed by atoms with Crippen LogP contribution >= 0.6 is 0 Å². The number of anilines is 1. The van der Waals surface area contributed by atoms with E-state index in [-0.39, 0.29) is 10.6 Å². The maximum atomic E-state index is 11.8. The van der Waals surface area contributed by atoms with Crippen LogP contribution in [0.15, 0.2) is 29.2 Å². The van der Waals surface area contributed by atoms with Crippen LogP contribution < -0.4 is 4.72 Å². The number of hydrogen-bond acceptors (Lipinski definition) is 7. The van der Waals surface area contributed by atoms with Gasteiger partial charge in [0.25, 0.3) is 0 Å². The van der Waals surface area contributed by atoms with Crippen molar-refractivity contribution in [2.75, 3.05) is 17.1 Å². The first-order valence-corrected chi connectivity index (χ1v) is 9.55. The highest BCUT2D eigenvalue weighted by atomic mass is 32.3. The lowest BCUT2D eigenvalue weighted by atomic mass is 10.3. The highest BCUT2D eigenvalue weighted by Gasteiger charge is 2.16. The normalized spacial score (nSPS) is 13.0. The number of hydrogen-bond donors (Lipinski definition) is 3. The van der Waals surface area contributed by atoms with Crippen LogP contribution in [0.3, 0.4) is 0 Å². The van der Waals surface area contributed by atoms with Crippen LogP contribution in [0.2, 0.25) is 0 Å². The molecular weight excluding hydrogens is 350 g/mol. The largest absolute Gasteiger partial charge is 0.397 e. The third-order valence-electron chi connectivity index (χ3n) is 2.04. The molecule has 3 N–H and O–H groups in total. The van der Waals surface area contributed by atoms with Gasteiger partial charge in [-0.2, -0.15) is 16.8 Å². The molecule has 0 aliphatic heterocycles. The van der Waals surface area contributed by atoms with Gasteiger partial charge in [-0.05, 0) is 24.3 Å². The van der Waals surface area contributed by atoms with Crippen LogP contribution in [0.1, 0.15) is 0 Å². The molecule has 0 fully saturated rings. The van der Waals surface area contributed by atoms with Crippen molar-refractivity contribution in [3.63, 3.8) is 0 Å². The van der Waals surface area contributed by atoms with Crippen LogP contribution in [0.4, 0.5) is 5.69 Å². The van der Waals surface area contributed by atoms with Gasteiger partial charge in [0, 0.05) is 0 Å². The van der Waals surface area contributed by atoms with Gasteiger partial charge in [-0.3, -0.25) is 13.8 Å². The molecule has 13 heteroatoms. The molecule has 0 unspecified atom stereocenters. The second-order valence-electron chi connectivity index (χ2n) is 3.67. The summed E-state index contributed by atoms with van der Waals surface area (Å²) in [4.78, 5) is -0.220. The SMILES string of the molecule is O=S(=O)(O)Nc1ccc(S(=O)(=O)CCOS(=O)(=O)O)cc1. The van der Waals surface area contributed by atoms with Crippen LogP contribution in [0, 0.1) is 0 Å². The molecule has 0 saturated carbocycles. The van der Waals surface area contributed by atoms with Gasteiger partial charge in [0.2, 0.25) is 0 Å². The summed E-state index contributed by atoms with van der Waals surface area (Å²) in [6, 6.07) is 4.28. The van der Waals surface area contributed by atoms with E-state index in [1.54, 1.807) is 4.72 Å². The lowest BCUT2D eigenvalue weighted by Crippen LogP contribution is -2.15. The fraction of sp³-hybridized carbons (Fsp3) is 0.250. The Kier molecular flexibility index (Phi) is 5.30. The van der Waals surface area contributed by atoms with Crippen LogP contribution in [0.25, 0.3) is 0 Å². The minimum absolute atomic E-state index is 0.0642. The van der Waals surface area contributed by atoms with Crippen LogP contribution in [0.5, 0.6) is 0 Å². The van der Waals surface area contributed by atoms with Gasteiger partial charge in [0.1, 0.15) is 0 Å². The number of rotatable bonds is 7. The smallest absolute Gasteiger partial charge is 0.269 e.